The lowest BCUT2D eigenvalue weighted by Gasteiger charge is -2.14. The molecular weight excluding hydrogens is 1070 g/mol. The summed E-state index contributed by atoms with van der Waals surface area (Å²) in [5.74, 6) is -4.52. The molecule has 80 heavy (non-hydrogen) atoms. The molecule has 3 atom stereocenters. The van der Waals surface area contributed by atoms with Crippen LogP contribution in [0.15, 0.2) is 97.1 Å². The molecule has 4 aliphatic rings. The smallest absolute Gasteiger partial charge is 0.407 e. The summed E-state index contributed by atoms with van der Waals surface area (Å²) in [6, 6.07) is 26.5. The fraction of sp³-hybridized carbons (Fsp3) is 0.217. The van der Waals surface area contributed by atoms with Crippen LogP contribution in [0.3, 0.4) is 0 Å². The number of rotatable bonds is 14. The number of aromatic amines is 2. The maximum Gasteiger partial charge on any atom is 0.407 e. The van der Waals surface area contributed by atoms with Gasteiger partial charge in [-0.05, 0) is 145 Å². The molecule has 406 valence electrons. The molecule has 12 rings (SSSR count). The van der Waals surface area contributed by atoms with Crippen molar-refractivity contribution in [1.29, 1.82) is 0 Å². The van der Waals surface area contributed by atoms with Gasteiger partial charge in [0.25, 0.3) is 0 Å². The number of aromatic nitrogens is 7. The maximum absolute atomic E-state index is 17.0. The average molecular weight is 1120 g/mol. The Hall–Kier alpha value is -8.49. The van der Waals surface area contributed by atoms with Crippen molar-refractivity contribution in [3.63, 3.8) is 0 Å². The molecule has 2 aliphatic heterocycles. The maximum atomic E-state index is 17.0. The number of benzene rings is 4. The van der Waals surface area contributed by atoms with Gasteiger partial charge in [0.2, 0.25) is 0 Å². The van der Waals surface area contributed by atoms with Crippen LogP contribution in [0.2, 0.25) is 0 Å². The second kappa shape index (κ2) is 22.0. The molecule has 1 saturated carbocycles. The summed E-state index contributed by atoms with van der Waals surface area (Å²) in [7, 11) is 4.68. The van der Waals surface area contributed by atoms with Gasteiger partial charge < -0.3 is 40.7 Å². The van der Waals surface area contributed by atoms with Crippen molar-refractivity contribution in [3.05, 3.63) is 154 Å². The van der Waals surface area contributed by atoms with E-state index in [1.807, 2.05) is 29.9 Å². The number of amides is 1. The van der Waals surface area contributed by atoms with Gasteiger partial charge in [0.15, 0.2) is 23.3 Å². The number of aryl methyl sites for hydroxylation is 2. The zero-order valence-corrected chi connectivity index (χ0v) is 44.5. The summed E-state index contributed by atoms with van der Waals surface area (Å²) in [5.41, 5.74) is 5.82. The minimum Gasteiger partial charge on any atom is -0.508 e. The standard InChI is InChI=1S/C60H51F4N9O5S2/c1-73-49-22-12-38-37(11-13-40(49)71-72-73)39(38)30-78-60(77)66-24-26-80-79-25-23-65-59-57(63)55(61)54(56(62)58(59)64)53-47-20-18-45(69-47)51(32-6-3-9-35(75)28-32)43-16-14-41(67-43)50(31-5-2-8-34(74)27-31)42-15-17-44(68-42)52(46-19-21-48(53)70-46)33-7-4-10-36(76)29-33/h2-10,14-21,27-29,37-39,65,67,70,74-76H,11-13,22-26,30H2,1H3,(H,66,77)/t37-,38+,39+/m1/s1. The van der Waals surface area contributed by atoms with Crippen molar-refractivity contribution in [3.8, 4) is 61.8 Å². The average Bonchev–Trinajstić information content (AvgIpc) is 4.33. The second-order valence-corrected chi connectivity index (χ2v) is 22.6. The zero-order valence-electron chi connectivity index (χ0n) is 42.9. The largest absolute Gasteiger partial charge is 0.508 e. The van der Waals surface area contributed by atoms with Gasteiger partial charge in [-0.1, -0.05) is 63.2 Å². The third-order valence-corrected chi connectivity index (χ3v) is 17.5. The summed E-state index contributed by atoms with van der Waals surface area (Å²) in [6.07, 6.45) is 10.00. The summed E-state index contributed by atoms with van der Waals surface area (Å²) in [4.78, 5) is 29.3. The topological polar surface area (TPSA) is 199 Å². The number of anilines is 1. The lowest BCUT2D eigenvalue weighted by atomic mass is 10.0. The van der Waals surface area contributed by atoms with E-state index >= 15 is 17.6 Å². The van der Waals surface area contributed by atoms with E-state index in [9.17, 15) is 20.1 Å². The molecule has 0 radical (unpaired) electrons. The molecule has 8 bridgehead atoms. The summed E-state index contributed by atoms with van der Waals surface area (Å²) in [5, 5.41) is 45.9. The van der Waals surface area contributed by atoms with Crippen LogP contribution in [0.1, 0.15) is 47.0 Å². The molecule has 7 N–H and O–H groups in total. The lowest BCUT2D eigenvalue weighted by Crippen LogP contribution is -2.27. The van der Waals surface area contributed by atoms with Crippen LogP contribution in [0.4, 0.5) is 28.0 Å². The van der Waals surface area contributed by atoms with Crippen LogP contribution in [-0.2, 0) is 24.6 Å². The molecule has 0 unspecified atom stereocenters. The predicted octanol–water partition coefficient (Wildman–Crippen LogP) is 13.1. The normalized spacial score (nSPS) is 16.2. The van der Waals surface area contributed by atoms with Gasteiger partial charge in [0.05, 0.1) is 46.3 Å². The van der Waals surface area contributed by atoms with Crippen molar-refractivity contribution in [2.75, 3.05) is 36.5 Å². The molecule has 1 amide bonds. The number of halogens is 4. The number of alkyl carbamates (subject to hydrolysis) is 1. The molecule has 2 aliphatic carbocycles. The Labute approximate surface area is 463 Å². The SMILES string of the molecule is Cn1nnc2c1CC[C@H]1[C@@H](CC2)[C@@H]1COC(=O)NCCSSCCNc1c(F)c(F)c(-c2c3nc(c(-c4cccc(O)c4)c4ccc([nH]4)c(-c4cccc(O)c4)c4nc(c(-c5cccc(O)c5)c5ccc2[nH]5)C=C4)C=C3)c(F)c1F. The fourth-order valence-corrected chi connectivity index (χ4v) is 13.1. The molecule has 0 spiro atoms. The molecule has 14 nitrogen and oxygen atoms in total. The highest BCUT2D eigenvalue weighted by molar-refractivity contribution is 8.76. The number of H-pyrrole nitrogens is 2. The van der Waals surface area contributed by atoms with Gasteiger partial charge in [0, 0.05) is 76.0 Å². The first-order chi connectivity index (χ1) is 38.9. The quantitative estimate of drug-likeness (QED) is 0.0236. The van der Waals surface area contributed by atoms with Crippen molar-refractivity contribution < 1.29 is 42.4 Å². The second-order valence-electron chi connectivity index (χ2n) is 19.9. The molecular formula is C60H51F4N9O5S2. The van der Waals surface area contributed by atoms with E-state index in [-0.39, 0.29) is 52.0 Å². The lowest BCUT2D eigenvalue weighted by molar-refractivity contribution is 0.138. The molecule has 1 fully saturated rings. The molecule has 0 saturated heterocycles. The Morgan fingerprint density at radius 2 is 1.09 bits per heavy atom. The highest BCUT2D eigenvalue weighted by Crippen LogP contribution is 2.53. The first kappa shape index (κ1) is 52.2. The number of hydrogen-bond donors (Lipinski definition) is 7. The molecule has 20 heteroatoms. The Kier molecular flexibility index (Phi) is 14.3. The number of ether oxygens (including phenoxy) is 1. The highest BCUT2D eigenvalue weighted by Gasteiger charge is 2.50. The predicted molar refractivity (Wildman–Crippen MR) is 306 cm³/mol. The number of phenolic OH excluding ortho intramolecular Hbond substituents is 3. The number of carbonyl (C=O) groups is 1. The first-order valence-corrected chi connectivity index (χ1v) is 28.5. The monoisotopic (exact) mass is 1120 g/mol. The van der Waals surface area contributed by atoms with Gasteiger partial charge in [0.1, 0.15) is 22.9 Å². The van der Waals surface area contributed by atoms with Crippen molar-refractivity contribution in [1.82, 2.24) is 40.2 Å². The van der Waals surface area contributed by atoms with Crippen LogP contribution in [0, 0.1) is 41.0 Å². The summed E-state index contributed by atoms with van der Waals surface area (Å²) < 4.78 is 74.3. The summed E-state index contributed by atoms with van der Waals surface area (Å²) in [6.45, 7) is 0.623. The number of aromatic hydroxyl groups is 3. The Morgan fingerprint density at radius 3 is 1.59 bits per heavy atom. The van der Waals surface area contributed by atoms with Crippen LogP contribution in [0.25, 0.3) is 90.9 Å². The third-order valence-electron chi connectivity index (χ3n) is 15.1. The van der Waals surface area contributed by atoms with Crippen LogP contribution in [-0.4, -0.2) is 87.5 Å². The number of carbonyl (C=O) groups excluding carboxylic acids is 1. The number of nitrogens with zero attached hydrogens (tertiary/aromatic N) is 5. The number of fused-ring (bicyclic) bond motifs is 10. The van der Waals surface area contributed by atoms with E-state index in [1.165, 1.54) is 63.7 Å². The van der Waals surface area contributed by atoms with Gasteiger partial charge in [-0.25, -0.2) is 32.3 Å². The van der Waals surface area contributed by atoms with Crippen molar-refractivity contribution in [2.24, 2.45) is 24.8 Å². The third kappa shape index (κ3) is 10.2. The van der Waals surface area contributed by atoms with Crippen LogP contribution < -0.4 is 10.6 Å². The highest BCUT2D eigenvalue weighted by atomic mass is 33.1. The minimum atomic E-state index is -1.66. The Morgan fingerprint density at radius 1 is 0.625 bits per heavy atom. The first-order valence-electron chi connectivity index (χ1n) is 26.1. The van der Waals surface area contributed by atoms with Gasteiger partial charge in [-0.3, -0.25) is 4.68 Å². The number of phenols is 3. The van der Waals surface area contributed by atoms with Crippen LogP contribution in [0.5, 0.6) is 17.2 Å². The van der Waals surface area contributed by atoms with Gasteiger partial charge >= 0.3 is 6.09 Å². The Balaban J connectivity index is 0.841. The Bertz CT molecular complexity index is 3940. The van der Waals surface area contributed by atoms with Gasteiger partial charge in [-0.15, -0.1) is 5.10 Å². The molecule has 4 aromatic heterocycles. The van der Waals surface area contributed by atoms with Crippen molar-refractivity contribution >= 4 is 79.7 Å². The zero-order chi connectivity index (χ0) is 55.2. The fourth-order valence-electron chi connectivity index (χ4n) is 11.3. The van der Waals surface area contributed by atoms with Crippen molar-refractivity contribution in [2.45, 2.75) is 25.7 Å². The minimum absolute atomic E-state index is 0.0283. The molecule has 8 aromatic rings. The molecule has 6 heterocycles. The van der Waals surface area contributed by atoms with Gasteiger partial charge in [-0.2, -0.15) is 0 Å². The van der Waals surface area contributed by atoms with E-state index in [0.717, 1.165) is 31.4 Å². The van der Waals surface area contributed by atoms with E-state index < -0.39 is 40.6 Å². The number of nitrogens with one attached hydrogen (secondary N) is 4. The summed E-state index contributed by atoms with van der Waals surface area (Å²) >= 11 is 0. The molecule has 4 aromatic carbocycles. The van der Waals surface area contributed by atoms with E-state index in [2.05, 4.69) is 30.9 Å². The van der Waals surface area contributed by atoms with E-state index in [1.54, 1.807) is 66.7 Å². The van der Waals surface area contributed by atoms with Crippen LogP contribution >= 0.6 is 21.6 Å². The van der Waals surface area contributed by atoms with E-state index in [0.29, 0.717) is 98.0 Å². The van der Waals surface area contributed by atoms with E-state index in [4.69, 9.17) is 14.7 Å². The number of hydrogen-bond acceptors (Lipinski definition) is 12.